The maximum absolute atomic E-state index is 12.5. The van der Waals surface area contributed by atoms with Gasteiger partial charge in [0.05, 0.1) is 12.0 Å². The molecule has 0 amide bonds. The van der Waals surface area contributed by atoms with Crippen LogP contribution in [0.4, 0.5) is 0 Å². The second kappa shape index (κ2) is 6.89. The molecule has 0 saturated carbocycles. The van der Waals surface area contributed by atoms with Crippen LogP contribution in [-0.2, 0) is 14.9 Å². The number of nitrogens with zero attached hydrogens (tertiary/aromatic N) is 1. The molecule has 0 atom stereocenters. The van der Waals surface area contributed by atoms with Crippen molar-refractivity contribution in [1.82, 2.24) is 4.90 Å². The molecule has 0 unspecified atom stereocenters. The zero-order valence-electron chi connectivity index (χ0n) is 12.6. The Labute approximate surface area is 121 Å². The van der Waals surface area contributed by atoms with E-state index >= 15 is 0 Å². The third-order valence-electron chi connectivity index (χ3n) is 4.24. The highest BCUT2D eigenvalue weighted by molar-refractivity contribution is 5.83. The van der Waals surface area contributed by atoms with E-state index in [2.05, 4.69) is 24.0 Å². The molecule has 3 nitrogen and oxygen atoms in total. The predicted molar refractivity (Wildman–Crippen MR) is 80.7 cm³/mol. The van der Waals surface area contributed by atoms with Gasteiger partial charge in [0.1, 0.15) is 0 Å². The minimum Gasteiger partial charge on any atom is -0.465 e. The molecule has 0 radical (unpaired) electrons. The minimum absolute atomic E-state index is 0.0534. The summed E-state index contributed by atoms with van der Waals surface area (Å²) in [4.78, 5) is 15.0. The van der Waals surface area contributed by atoms with Crippen LogP contribution in [-0.4, -0.2) is 37.1 Å². The van der Waals surface area contributed by atoms with Gasteiger partial charge in [0.15, 0.2) is 0 Å². The number of esters is 1. The van der Waals surface area contributed by atoms with Gasteiger partial charge in [-0.05, 0) is 51.4 Å². The van der Waals surface area contributed by atoms with E-state index < -0.39 is 5.41 Å². The van der Waals surface area contributed by atoms with Crippen molar-refractivity contribution in [2.45, 2.75) is 38.5 Å². The van der Waals surface area contributed by atoms with Gasteiger partial charge in [0, 0.05) is 0 Å². The Bertz CT molecular complexity index is 422. The third kappa shape index (κ3) is 3.04. The van der Waals surface area contributed by atoms with Crippen molar-refractivity contribution >= 4 is 5.97 Å². The summed E-state index contributed by atoms with van der Waals surface area (Å²) in [6, 6.07) is 10.1. The third-order valence-corrected chi connectivity index (χ3v) is 4.24. The van der Waals surface area contributed by atoms with Crippen molar-refractivity contribution in [2.24, 2.45) is 0 Å². The molecule has 110 valence electrons. The van der Waals surface area contributed by atoms with Crippen molar-refractivity contribution in [3.8, 4) is 0 Å². The number of hydrogen-bond donors (Lipinski definition) is 0. The lowest BCUT2D eigenvalue weighted by Crippen LogP contribution is -2.48. The minimum atomic E-state index is -0.443. The maximum atomic E-state index is 12.5. The highest BCUT2D eigenvalue weighted by atomic mass is 16.5. The molecule has 0 aromatic heterocycles. The van der Waals surface area contributed by atoms with E-state index in [1.54, 1.807) is 0 Å². The van der Waals surface area contributed by atoms with Crippen LogP contribution in [0.1, 0.15) is 38.7 Å². The van der Waals surface area contributed by atoms with E-state index in [0.717, 1.165) is 44.5 Å². The van der Waals surface area contributed by atoms with Gasteiger partial charge in [-0.2, -0.15) is 0 Å². The molecule has 1 aromatic rings. The summed E-state index contributed by atoms with van der Waals surface area (Å²) in [5.74, 6) is -0.0534. The smallest absolute Gasteiger partial charge is 0.316 e. The quantitative estimate of drug-likeness (QED) is 0.774. The standard InChI is InChI=1S/C17H25NO2/c1-3-12-18-13-10-17(11-14-18,16(19)20-4-2)15-8-6-5-7-9-15/h5-9H,3-4,10-14H2,1-2H3. The fraction of sp³-hybridized carbons (Fsp3) is 0.588. The summed E-state index contributed by atoms with van der Waals surface area (Å²) in [5.41, 5.74) is 0.663. The number of likely N-dealkylation sites (tertiary alicyclic amines) is 1. The lowest BCUT2D eigenvalue weighted by atomic mass is 9.72. The highest BCUT2D eigenvalue weighted by Gasteiger charge is 2.43. The van der Waals surface area contributed by atoms with Gasteiger partial charge in [-0.15, -0.1) is 0 Å². The number of piperidine rings is 1. The van der Waals surface area contributed by atoms with Crippen LogP contribution in [0.3, 0.4) is 0 Å². The molecule has 1 aliphatic heterocycles. The highest BCUT2D eigenvalue weighted by Crippen LogP contribution is 2.36. The Kier molecular flexibility index (Phi) is 5.18. The topological polar surface area (TPSA) is 29.5 Å². The van der Waals surface area contributed by atoms with Gasteiger partial charge < -0.3 is 9.64 Å². The molecule has 0 aliphatic carbocycles. The summed E-state index contributed by atoms with van der Waals surface area (Å²) >= 11 is 0. The molecule has 1 heterocycles. The van der Waals surface area contributed by atoms with Gasteiger partial charge in [-0.1, -0.05) is 37.3 Å². The number of carbonyl (C=O) groups excluding carboxylic acids is 1. The van der Waals surface area contributed by atoms with Gasteiger partial charge in [-0.3, -0.25) is 4.79 Å². The van der Waals surface area contributed by atoms with Crippen LogP contribution in [0.2, 0.25) is 0 Å². The molecule has 1 aliphatic rings. The first kappa shape index (κ1) is 15.0. The first-order chi connectivity index (χ1) is 9.73. The number of ether oxygens (including phenoxy) is 1. The molecule has 0 spiro atoms. The van der Waals surface area contributed by atoms with Crippen LogP contribution in [0.15, 0.2) is 30.3 Å². The van der Waals surface area contributed by atoms with Gasteiger partial charge in [-0.25, -0.2) is 0 Å². The van der Waals surface area contributed by atoms with E-state index in [-0.39, 0.29) is 5.97 Å². The average molecular weight is 275 g/mol. The molecule has 1 fully saturated rings. The van der Waals surface area contributed by atoms with Crippen LogP contribution in [0.5, 0.6) is 0 Å². The summed E-state index contributed by atoms with van der Waals surface area (Å²) in [5, 5.41) is 0. The maximum Gasteiger partial charge on any atom is 0.316 e. The summed E-state index contributed by atoms with van der Waals surface area (Å²) < 4.78 is 5.38. The second-order valence-electron chi connectivity index (χ2n) is 5.51. The molecule has 1 aromatic carbocycles. The number of carbonyl (C=O) groups is 1. The fourth-order valence-electron chi connectivity index (χ4n) is 3.11. The predicted octanol–water partition coefficient (Wildman–Crippen LogP) is 2.99. The van der Waals surface area contributed by atoms with E-state index in [1.807, 2.05) is 25.1 Å². The largest absolute Gasteiger partial charge is 0.465 e. The lowest BCUT2D eigenvalue weighted by molar-refractivity contribution is -0.152. The molecule has 1 saturated heterocycles. The molecule has 2 rings (SSSR count). The van der Waals surface area contributed by atoms with Crippen LogP contribution in [0.25, 0.3) is 0 Å². The molecular weight excluding hydrogens is 250 g/mol. The Hall–Kier alpha value is -1.35. The Morgan fingerprint density at radius 2 is 1.85 bits per heavy atom. The normalized spacial score (nSPS) is 18.7. The molecule has 0 N–H and O–H groups in total. The van der Waals surface area contributed by atoms with E-state index in [0.29, 0.717) is 6.61 Å². The van der Waals surface area contributed by atoms with Gasteiger partial charge in [0.25, 0.3) is 0 Å². The zero-order valence-corrected chi connectivity index (χ0v) is 12.6. The fourth-order valence-corrected chi connectivity index (χ4v) is 3.11. The Morgan fingerprint density at radius 1 is 1.20 bits per heavy atom. The average Bonchev–Trinajstić information content (AvgIpc) is 2.49. The Morgan fingerprint density at radius 3 is 2.40 bits per heavy atom. The lowest BCUT2D eigenvalue weighted by Gasteiger charge is -2.40. The van der Waals surface area contributed by atoms with Crippen LogP contribution >= 0.6 is 0 Å². The van der Waals surface area contributed by atoms with Gasteiger partial charge >= 0.3 is 5.97 Å². The van der Waals surface area contributed by atoms with Crippen LogP contribution in [0, 0.1) is 0 Å². The summed E-state index contributed by atoms with van der Waals surface area (Å²) in [6.07, 6.45) is 2.88. The zero-order chi connectivity index (χ0) is 14.4. The van der Waals surface area contributed by atoms with Crippen LogP contribution < -0.4 is 0 Å². The SMILES string of the molecule is CCCN1CCC(C(=O)OCC)(c2ccccc2)CC1. The van der Waals surface area contributed by atoms with E-state index in [9.17, 15) is 4.79 Å². The number of rotatable bonds is 5. The van der Waals surface area contributed by atoms with E-state index in [4.69, 9.17) is 4.74 Å². The van der Waals surface area contributed by atoms with Crippen molar-refractivity contribution in [3.05, 3.63) is 35.9 Å². The molecule has 3 heteroatoms. The molecule has 20 heavy (non-hydrogen) atoms. The summed E-state index contributed by atoms with van der Waals surface area (Å²) in [7, 11) is 0. The van der Waals surface area contributed by atoms with E-state index in [1.165, 1.54) is 0 Å². The second-order valence-corrected chi connectivity index (χ2v) is 5.51. The van der Waals surface area contributed by atoms with Crippen molar-refractivity contribution in [1.29, 1.82) is 0 Å². The van der Waals surface area contributed by atoms with Crippen molar-refractivity contribution in [2.75, 3.05) is 26.2 Å². The number of benzene rings is 1. The monoisotopic (exact) mass is 275 g/mol. The first-order valence-electron chi connectivity index (χ1n) is 7.68. The summed E-state index contributed by atoms with van der Waals surface area (Å²) in [6.45, 7) is 7.59. The Balaban J connectivity index is 2.21. The molecular formula is C17H25NO2. The van der Waals surface area contributed by atoms with Crippen molar-refractivity contribution < 1.29 is 9.53 Å². The molecule has 0 bridgehead atoms. The van der Waals surface area contributed by atoms with Crippen molar-refractivity contribution in [3.63, 3.8) is 0 Å². The first-order valence-corrected chi connectivity index (χ1v) is 7.68. The number of hydrogen-bond acceptors (Lipinski definition) is 3. The van der Waals surface area contributed by atoms with Gasteiger partial charge in [0.2, 0.25) is 0 Å².